The fourth-order valence-electron chi connectivity index (χ4n) is 17.3. The van der Waals surface area contributed by atoms with E-state index in [1.165, 1.54) is 33.4 Å². The van der Waals surface area contributed by atoms with Gasteiger partial charge in [0, 0.05) is 44.6 Å². The molecule has 526 valence electrons. The molecule has 3 heterocycles. The number of aromatic nitrogens is 1. The van der Waals surface area contributed by atoms with Gasteiger partial charge in [0.1, 0.15) is 0 Å². The molecule has 0 radical (unpaired) electrons. The standard InChI is InChI=1S/C106H82N4/c1-105(2,3)82-58-78(59-83(67-82)106(4,5)6)75-53-55-95-97(64-75)108-96-56-54-84(107-93-51-31-29-49-87(93)88-50-30-32-52-94(88)107)68-98(96)110(103-91(73-41-21-11-22-42-73)62-80(70-35-15-8-16-36-70)63-92(103)74-43-23-12-24-44-74)100-66-81(101-85-47-27-25-45-76(85)57-77-46-26-28-48-86(77)101)65-99(104(100)108)109(95)102-89(71-37-17-9-18-38-71)60-79(69-33-13-7-14-34-69)61-90(102)72-39-19-10-20-40-72/h7-56,58-68,101H,57H2,1-6H3/i29D,30D,31D,32D,49D,50D,51D,52D. The molecule has 0 saturated carbocycles. The molecule has 20 rings (SSSR count). The van der Waals surface area contributed by atoms with E-state index in [0.717, 1.165) is 135 Å². The maximum atomic E-state index is 10.0. The molecule has 0 bridgehead atoms. The van der Waals surface area contributed by atoms with Gasteiger partial charge in [-0.2, -0.15) is 0 Å². The molecule has 17 aromatic rings. The molecule has 16 aromatic carbocycles. The van der Waals surface area contributed by atoms with Crippen molar-refractivity contribution in [3.8, 4) is 83.6 Å². The predicted octanol–water partition coefficient (Wildman–Crippen LogP) is 29.2. The lowest BCUT2D eigenvalue weighted by Crippen LogP contribution is -2.32. The summed E-state index contributed by atoms with van der Waals surface area (Å²) < 4.78 is 78.4. The Bertz CT molecular complexity index is 6680. The summed E-state index contributed by atoms with van der Waals surface area (Å²) in [5.41, 5.74) is 29.9. The Labute approximate surface area is 656 Å². The molecule has 0 unspecified atom stereocenters. The number of nitrogens with zero attached hydrogens (tertiary/aromatic N) is 4. The molecule has 4 nitrogen and oxygen atoms in total. The first-order chi connectivity index (χ1) is 57.2. The van der Waals surface area contributed by atoms with Crippen LogP contribution in [0.4, 0.5) is 51.2 Å². The van der Waals surface area contributed by atoms with Gasteiger partial charge in [0.25, 0.3) is 0 Å². The Morgan fingerprint density at radius 2 is 0.636 bits per heavy atom. The van der Waals surface area contributed by atoms with Gasteiger partial charge in [-0.1, -0.05) is 333 Å². The van der Waals surface area contributed by atoms with E-state index >= 15 is 0 Å². The van der Waals surface area contributed by atoms with Crippen LogP contribution in [0.5, 0.6) is 0 Å². The highest BCUT2D eigenvalue weighted by Crippen LogP contribution is 2.68. The van der Waals surface area contributed by atoms with Crippen LogP contribution in [-0.4, -0.2) is 4.57 Å². The minimum Gasteiger partial charge on any atom is -0.309 e. The van der Waals surface area contributed by atoms with E-state index in [4.69, 9.17) is 0 Å². The van der Waals surface area contributed by atoms with Gasteiger partial charge in [0.05, 0.1) is 73.2 Å². The van der Waals surface area contributed by atoms with Gasteiger partial charge >= 0.3 is 0 Å². The Kier molecular flexibility index (Phi) is 13.8. The van der Waals surface area contributed by atoms with Crippen LogP contribution in [0.3, 0.4) is 0 Å². The SMILES string of the molecule is [2H]c1c([2H])c([2H])c2c(c1[2H])c1c([2H])c([2H])c([2H])c([2H])c1n2-c1ccc2c(c1)N(c1c(-c3ccccc3)cc(-c3ccccc3)cc1-c1ccccc1)c1cc(C3c4ccccc4Cc4ccccc43)cc3c1N2c1cc(-c2cc(C(C)(C)C)cc(C(C)(C)C)c2)ccc1N3c1c(-c2ccccc2)cc(-c2ccccc2)cc1-c1ccccc1. The molecule has 2 aliphatic heterocycles. The van der Waals surface area contributed by atoms with E-state index in [-0.39, 0.29) is 50.6 Å². The Balaban J connectivity index is 1.02. The van der Waals surface area contributed by atoms with Crippen LogP contribution in [0.2, 0.25) is 0 Å². The number of hydrogen-bond acceptors (Lipinski definition) is 3. The van der Waals surface area contributed by atoms with Crippen molar-refractivity contribution >= 4 is 73.0 Å². The normalized spacial score (nSPS) is 14.1. The van der Waals surface area contributed by atoms with Crippen molar-refractivity contribution in [1.82, 2.24) is 4.57 Å². The van der Waals surface area contributed by atoms with Crippen molar-refractivity contribution < 1.29 is 11.0 Å². The lowest BCUT2D eigenvalue weighted by atomic mass is 9.74. The quantitative estimate of drug-likeness (QED) is 0.128. The molecule has 0 atom stereocenters. The van der Waals surface area contributed by atoms with Gasteiger partial charge in [-0.15, -0.1) is 0 Å². The van der Waals surface area contributed by atoms with Gasteiger partial charge < -0.3 is 19.3 Å². The molecule has 0 amide bonds. The van der Waals surface area contributed by atoms with Gasteiger partial charge in [-0.3, -0.25) is 0 Å². The third-order valence-corrected chi connectivity index (χ3v) is 22.7. The van der Waals surface area contributed by atoms with Crippen LogP contribution in [-0.2, 0) is 17.3 Å². The first kappa shape index (κ1) is 57.9. The molecular weight excluding hydrogens is 1330 g/mol. The molecule has 110 heavy (non-hydrogen) atoms. The van der Waals surface area contributed by atoms with Crippen LogP contribution >= 0.6 is 0 Å². The maximum absolute atomic E-state index is 10.0. The first-order valence-electron chi connectivity index (χ1n) is 42.0. The average Bonchev–Trinajstić information content (AvgIpc) is 0.906. The number of benzene rings is 16. The molecule has 0 saturated heterocycles. The van der Waals surface area contributed by atoms with Crippen molar-refractivity contribution in [3.05, 3.63) is 409 Å². The van der Waals surface area contributed by atoms with Crippen molar-refractivity contribution in [2.45, 2.75) is 64.7 Å². The molecule has 3 aliphatic rings. The van der Waals surface area contributed by atoms with E-state index in [1.54, 1.807) is 4.57 Å². The zero-order chi connectivity index (χ0) is 80.9. The van der Waals surface area contributed by atoms with Crippen molar-refractivity contribution in [3.63, 3.8) is 0 Å². The number of para-hydroxylation sites is 2. The molecule has 4 heteroatoms. The topological polar surface area (TPSA) is 14.7 Å². The highest BCUT2D eigenvalue weighted by Gasteiger charge is 2.44. The minimum absolute atomic E-state index is 0.00579. The molecule has 1 aromatic heterocycles. The second kappa shape index (κ2) is 26.3. The second-order valence-corrected chi connectivity index (χ2v) is 31.4. The van der Waals surface area contributed by atoms with E-state index < -0.39 is 36.3 Å². The summed E-state index contributed by atoms with van der Waals surface area (Å²) in [6, 6.07) is 113. The summed E-state index contributed by atoms with van der Waals surface area (Å²) in [7, 11) is 0. The maximum Gasteiger partial charge on any atom is 0.0948 e. The van der Waals surface area contributed by atoms with E-state index in [2.05, 4.69) is 372 Å². The minimum atomic E-state index is -0.510. The number of fused-ring (bicyclic) bond motifs is 9. The molecule has 0 spiro atoms. The summed E-state index contributed by atoms with van der Waals surface area (Å²) in [4.78, 5) is 7.51. The number of rotatable bonds is 11. The lowest BCUT2D eigenvalue weighted by molar-refractivity contribution is 0.569. The van der Waals surface area contributed by atoms with Crippen LogP contribution in [0.25, 0.3) is 105 Å². The molecule has 0 N–H and O–H groups in total. The van der Waals surface area contributed by atoms with E-state index in [0.29, 0.717) is 11.4 Å². The van der Waals surface area contributed by atoms with Crippen LogP contribution in [0.15, 0.2) is 370 Å². The summed E-state index contributed by atoms with van der Waals surface area (Å²) in [6.07, 6.45) is 0.750. The van der Waals surface area contributed by atoms with Crippen LogP contribution < -0.4 is 14.7 Å². The van der Waals surface area contributed by atoms with Crippen LogP contribution in [0, 0.1) is 0 Å². The van der Waals surface area contributed by atoms with Gasteiger partial charge in [-0.25, -0.2) is 0 Å². The number of hydrogen-bond donors (Lipinski definition) is 0. The third-order valence-electron chi connectivity index (χ3n) is 22.7. The smallest absolute Gasteiger partial charge is 0.0948 e. The van der Waals surface area contributed by atoms with Gasteiger partial charge in [-0.05, 0) is 191 Å². The summed E-state index contributed by atoms with van der Waals surface area (Å²) in [6.45, 7) is 13.7. The molecule has 0 fully saturated rings. The van der Waals surface area contributed by atoms with Gasteiger partial charge in [0.15, 0.2) is 0 Å². The second-order valence-electron chi connectivity index (χ2n) is 31.4. The summed E-state index contributed by atoms with van der Waals surface area (Å²) >= 11 is 0. The highest BCUT2D eigenvalue weighted by molar-refractivity contribution is 6.18. The summed E-state index contributed by atoms with van der Waals surface area (Å²) in [5.74, 6) is -0.322. The monoisotopic (exact) mass is 1420 g/mol. The zero-order valence-electron chi connectivity index (χ0n) is 70.2. The average molecular weight is 1420 g/mol. The fraction of sp³-hybridized carbons (Fsp3) is 0.0943. The number of anilines is 9. The van der Waals surface area contributed by atoms with Crippen LogP contribution in [0.1, 0.15) is 97.4 Å². The summed E-state index contributed by atoms with van der Waals surface area (Å²) in [5, 5.41) is -0.0116. The Morgan fingerprint density at radius 3 is 1.06 bits per heavy atom. The highest BCUT2D eigenvalue weighted by atomic mass is 15.3. The van der Waals surface area contributed by atoms with E-state index in [9.17, 15) is 11.0 Å². The lowest BCUT2D eigenvalue weighted by Gasteiger charge is -2.49. The Hall–Kier alpha value is -13.3. The largest absolute Gasteiger partial charge is 0.309 e. The molecule has 1 aliphatic carbocycles. The van der Waals surface area contributed by atoms with Gasteiger partial charge in [0.2, 0.25) is 0 Å². The zero-order valence-corrected chi connectivity index (χ0v) is 62.2. The first-order valence-corrected chi connectivity index (χ1v) is 38.0. The van der Waals surface area contributed by atoms with Crippen molar-refractivity contribution in [2.24, 2.45) is 0 Å². The third kappa shape index (κ3) is 11.2. The van der Waals surface area contributed by atoms with E-state index in [1.807, 2.05) is 6.07 Å². The molecular formula is C106H82N4. The fourth-order valence-corrected chi connectivity index (χ4v) is 17.3. The predicted molar refractivity (Wildman–Crippen MR) is 464 cm³/mol. The van der Waals surface area contributed by atoms with Crippen molar-refractivity contribution in [1.29, 1.82) is 0 Å². The van der Waals surface area contributed by atoms with Crippen molar-refractivity contribution in [2.75, 3.05) is 14.7 Å². The Morgan fingerprint density at radius 1 is 0.282 bits per heavy atom.